The zero-order valence-corrected chi connectivity index (χ0v) is 17.9. The van der Waals surface area contributed by atoms with E-state index in [9.17, 15) is 4.79 Å². The molecule has 3 rings (SSSR count). The number of carbonyl (C=O) groups is 1. The van der Waals surface area contributed by atoms with Crippen molar-refractivity contribution in [2.45, 2.75) is 17.5 Å². The van der Waals surface area contributed by atoms with E-state index in [1.165, 1.54) is 23.5 Å². The van der Waals surface area contributed by atoms with Crippen molar-refractivity contribution in [3.63, 3.8) is 0 Å². The number of halogens is 1. The molecule has 0 bridgehead atoms. The fourth-order valence-corrected chi connectivity index (χ4v) is 5.93. The molecule has 0 radical (unpaired) electrons. The second kappa shape index (κ2) is 9.72. The van der Waals surface area contributed by atoms with Crippen LogP contribution in [0.4, 0.5) is 0 Å². The minimum absolute atomic E-state index is 0.0387. The number of carbonyl (C=O) groups excluding carboxylic acids is 1. The lowest BCUT2D eigenvalue weighted by Gasteiger charge is -2.21. The molecule has 138 valence electrons. The SMILES string of the molecule is CN(Cc1ccccc1Br)C(=O)COc1ccc(C2SCCCS2)cc1. The third kappa shape index (κ3) is 5.44. The average Bonchev–Trinajstić information content (AvgIpc) is 2.69. The average molecular weight is 452 g/mol. The predicted molar refractivity (Wildman–Crippen MR) is 115 cm³/mol. The summed E-state index contributed by atoms with van der Waals surface area (Å²) in [4.78, 5) is 14.0. The van der Waals surface area contributed by atoms with Gasteiger partial charge in [0.05, 0.1) is 4.58 Å². The summed E-state index contributed by atoms with van der Waals surface area (Å²) >= 11 is 7.52. The lowest BCUT2D eigenvalue weighted by atomic mass is 10.2. The van der Waals surface area contributed by atoms with Gasteiger partial charge in [-0.25, -0.2) is 0 Å². The van der Waals surface area contributed by atoms with Gasteiger partial charge in [-0.05, 0) is 47.3 Å². The van der Waals surface area contributed by atoms with E-state index < -0.39 is 0 Å². The lowest BCUT2D eigenvalue weighted by molar-refractivity contribution is -0.132. The summed E-state index contributed by atoms with van der Waals surface area (Å²) in [7, 11) is 1.80. The summed E-state index contributed by atoms with van der Waals surface area (Å²) in [6.45, 7) is 0.603. The Balaban J connectivity index is 1.50. The highest BCUT2D eigenvalue weighted by molar-refractivity contribution is 9.10. The van der Waals surface area contributed by atoms with E-state index in [0.717, 1.165) is 15.8 Å². The number of amides is 1. The number of nitrogens with zero attached hydrogens (tertiary/aromatic N) is 1. The number of hydrogen-bond donors (Lipinski definition) is 0. The van der Waals surface area contributed by atoms with Crippen LogP contribution in [0.15, 0.2) is 53.0 Å². The smallest absolute Gasteiger partial charge is 0.260 e. The molecule has 0 saturated carbocycles. The second-order valence-corrected chi connectivity index (χ2v) is 9.70. The second-order valence-electron chi connectivity index (χ2n) is 6.13. The number of hydrogen-bond acceptors (Lipinski definition) is 4. The fourth-order valence-electron chi connectivity index (χ4n) is 2.63. The Labute approximate surface area is 172 Å². The van der Waals surface area contributed by atoms with Gasteiger partial charge in [-0.3, -0.25) is 4.79 Å². The number of ether oxygens (including phenoxy) is 1. The molecule has 0 unspecified atom stereocenters. The highest BCUT2D eigenvalue weighted by Gasteiger charge is 2.16. The molecule has 1 aliphatic rings. The van der Waals surface area contributed by atoms with Gasteiger partial charge in [-0.15, -0.1) is 23.5 Å². The number of benzene rings is 2. The molecule has 1 aliphatic heterocycles. The van der Waals surface area contributed by atoms with Crippen molar-refractivity contribution in [1.82, 2.24) is 4.90 Å². The van der Waals surface area contributed by atoms with Crippen molar-refractivity contribution >= 4 is 45.4 Å². The topological polar surface area (TPSA) is 29.5 Å². The molecule has 0 aromatic heterocycles. The summed E-state index contributed by atoms with van der Waals surface area (Å²) < 4.78 is 7.21. The van der Waals surface area contributed by atoms with Crippen LogP contribution in [0.5, 0.6) is 5.75 Å². The molecular weight excluding hydrogens is 430 g/mol. The molecule has 0 aliphatic carbocycles. The van der Waals surface area contributed by atoms with Crippen molar-refractivity contribution in [1.29, 1.82) is 0 Å². The third-order valence-corrected chi connectivity index (χ3v) is 7.92. The molecule has 1 heterocycles. The first-order valence-electron chi connectivity index (χ1n) is 8.57. The summed E-state index contributed by atoms with van der Waals surface area (Å²) in [5.74, 6) is 3.16. The largest absolute Gasteiger partial charge is 0.484 e. The molecule has 1 saturated heterocycles. The van der Waals surface area contributed by atoms with Crippen LogP contribution >= 0.6 is 39.5 Å². The van der Waals surface area contributed by atoms with Crippen LogP contribution < -0.4 is 4.74 Å². The molecule has 2 aromatic carbocycles. The van der Waals surface area contributed by atoms with Crippen molar-refractivity contribution in [3.8, 4) is 5.75 Å². The zero-order chi connectivity index (χ0) is 18.4. The van der Waals surface area contributed by atoms with Gasteiger partial charge in [0.2, 0.25) is 0 Å². The molecule has 0 N–H and O–H groups in total. The summed E-state index contributed by atoms with van der Waals surface area (Å²) in [6.07, 6.45) is 1.29. The molecule has 26 heavy (non-hydrogen) atoms. The van der Waals surface area contributed by atoms with E-state index in [2.05, 4.69) is 28.1 Å². The highest BCUT2D eigenvalue weighted by atomic mass is 79.9. The Bertz CT molecular complexity index is 733. The van der Waals surface area contributed by atoms with Crippen molar-refractivity contribution in [2.75, 3.05) is 25.2 Å². The predicted octanol–water partition coefficient (Wildman–Crippen LogP) is 5.36. The van der Waals surface area contributed by atoms with Gasteiger partial charge in [0.1, 0.15) is 5.75 Å². The van der Waals surface area contributed by atoms with Gasteiger partial charge in [0.15, 0.2) is 6.61 Å². The lowest BCUT2D eigenvalue weighted by Crippen LogP contribution is -2.31. The van der Waals surface area contributed by atoms with E-state index in [4.69, 9.17) is 4.74 Å². The Morgan fingerprint density at radius 3 is 2.54 bits per heavy atom. The quantitative estimate of drug-likeness (QED) is 0.591. The van der Waals surface area contributed by atoms with Gasteiger partial charge in [-0.2, -0.15) is 0 Å². The zero-order valence-electron chi connectivity index (χ0n) is 14.7. The van der Waals surface area contributed by atoms with E-state index in [1.807, 2.05) is 59.9 Å². The van der Waals surface area contributed by atoms with Crippen molar-refractivity contribution in [3.05, 3.63) is 64.1 Å². The molecule has 2 aromatic rings. The highest BCUT2D eigenvalue weighted by Crippen LogP contribution is 2.43. The van der Waals surface area contributed by atoms with Crippen molar-refractivity contribution in [2.24, 2.45) is 0 Å². The van der Waals surface area contributed by atoms with Crippen LogP contribution in [0.1, 0.15) is 22.1 Å². The van der Waals surface area contributed by atoms with E-state index >= 15 is 0 Å². The van der Waals surface area contributed by atoms with Crippen LogP contribution in [0.25, 0.3) is 0 Å². The molecule has 1 fully saturated rings. The van der Waals surface area contributed by atoms with Gasteiger partial charge in [0.25, 0.3) is 5.91 Å². The first-order valence-corrected chi connectivity index (χ1v) is 11.5. The van der Waals surface area contributed by atoms with Gasteiger partial charge in [0, 0.05) is 18.1 Å². The van der Waals surface area contributed by atoms with Crippen LogP contribution in [0, 0.1) is 0 Å². The Morgan fingerprint density at radius 2 is 1.85 bits per heavy atom. The molecule has 3 nitrogen and oxygen atoms in total. The third-order valence-electron chi connectivity index (χ3n) is 4.13. The van der Waals surface area contributed by atoms with Gasteiger partial charge < -0.3 is 9.64 Å². The standard InChI is InChI=1S/C20H22BrNO2S2/c1-22(13-16-5-2-3-6-18(16)21)19(23)14-24-17-9-7-15(8-10-17)20-25-11-4-12-26-20/h2-3,5-10,20H,4,11-14H2,1H3. The number of rotatable bonds is 6. The van der Waals surface area contributed by atoms with Gasteiger partial charge >= 0.3 is 0 Å². The van der Waals surface area contributed by atoms with E-state index in [1.54, 1.807) is 11.9 Å². The molecule has 1 amide bonds. The Morgan fingerprint density at radius 1 is 1.15 bits per heavy atom. The van der Waals surface area contributed by atoms with E-state index in [-0.39, 0.29) is 12.5 Å². The Kier molecular flexibility index (Phi) is 7.34. The summed E-state index contributed by atoms with van der Waals surface area (Å²) in [5.41, 5.74) is 2.40. The maximum absolute atomic E-state index is 12.3. The monoisotopic (exact) mass is 451 g/mol. The molecule has 0 spiro atoms. The maximum Gasteiger partial charge on any atom is 0.260 e. The van der Waals surface area contributed by atoms with Gasteiger partial charge in [-0.1, -0.05) is 46.3 Å². The molecule has 0 atom stereocenters. The van der Waals surface area contributed by atoms with Crippen LogP contribution in [-0.2, 0) is 11.3 Å². The fraction of sp³-hybridized carbons (Fsp3) is 0.350. The van der Waals surface area contributed by atoms with Crippen LogP contribution in [0.2, 0.25) is 0 Å². The van der Waals surface area contributed by atoms with Crippen molar-refractivity contribution < 1.29 is 9.53 Å². The van der Waals surface area contributed by atoms with E-state index in [0.29, 0.717) is 11.1 Å². The molecular formula is C20H22BrNO2S2. The van der Waals surface area contributed by atoms with Crippen LogP contribution in [0.3, 0.4) is 0 Å². The normalized spacial score (nSPS) is 14.8. The summed E-state index contributed by atoms with van der Waals surface area (Å²) in [5, 5.41) is 0. The maximum atomic E-state index is 12.3. The summed E-state index contributed by atoms with van der Waals surface area (Å²) in [6, 6.07) is 16.1. The molecule has 6 heteroatoms. The Hall–Kier alpha value is -1.11. The first kappa shape index (κ1) is 19.6. The minimum atomic E-state index is -0.0387. The van der Waals surface area contributed by atoms with Crippen LogP contribution in [-0.4, -0.2) is 36.0 Å². The number of likely N-dealkylation sites (N-methyl/N-ethyl adjacent to an activating group) is 1. The first-order chi connectivity index (χ1) is 12.6. The number of thioether (sulfide) groups is 2. The minimum Gasteiger partial charge on any atom is -0.484 e.